The van der Waals surface area contributed by atoms with Gasteiger partial charge in [0.15, 0.2) is 22.4 Å². The maximum atomic E-state index is 13.1. The van der Waals surface area contributed by atoms with Gasteiger partial charge in [0.2, 0.25) is 0 Å². The fourth-order valence-electron chi connectivity index (χ4n) is 3.47. The number of nitrogens with one attached hydrogen (secondary N) is 1. The number of methoxy groups -OCH3 is 1. The fraction of sp³-hybridized carbons (Fsp3) is 0.148. The number of amides is 2. The number of carbonyl (C=O) groups excluding carboxylic acids is 2. The number of thioether (sulfide) groups is 1. The van der Waals surface area contributed by atoms with Crippen molar-refractivity contribution in [2.45, 2.75) is 13.8 Å². The van der Waals surface area contributed by atoms with Crippen molar-refractivity contribution in [3.05, 3.63) is 86.2 Å². The highest BCUT2D eigenvalue weighted by atomic mass is 35.5. The lowest BCUT2D eigenvalue weighted by Gasteiger charge is -2.15. The molecule has 4 rings (SSSR count). The lowest BCUT2D eigenvalue weighted by Crippen LogP contribution is -2.27. The molecule has 0 bridgehead atoms. The van der Waals surface area contributed by atoms with E-state index in [0.717, 1.165) is 11.1 Å². The Morgan fingerprint density at radius 2 is 1.73 bits per heavy atom. The minimum atomic E-state index is -0.342. The van der Waals surface area contributed by atoms with Crippen LogP contribution < -0.4 is 19.7 Å². The number of nitrogens with zero attached hydrogens (tertiary/aromatic N) is 1. The molecule has 0 aliphatic carbocycles. The minimum Gasteiger partial charge on any atom is -0.493 e. The van der Waals surface area contributed by atoms with Gasteiger partial charge in [0.05, 0.1) is 17.7 Å². The minimum absolute atomic E-state index is 0.223. The molecule has 37 heavy (non-hydrogen) atoms. The maximum absolute atomic E-state index is 13.1. The second-order valence-corrected chi connectivity index (χ2v) is 10.7. The highest BCUT2D eigenvalue weighted by Crippen LogP contribution is 2.38. The third-order valence-electron chi connectivity index (χ3n) is 5.51. The second-order valence-electron chi connectivity index (χ2n) is 8.16. The summed E-state index contributed by atoms with van der Waals surface area (Å²) in [6, 6.07) is 15.8. The van der Waals surface area contributed by atoms with Crippen molar-refractivity contribution in [1.29, 1.82) is 0 Å². The third kappa shape index (κ3) is 6.27. The van der Waals surface area contributed by atoms with Gasteiger partial charge in [-0.3, -0.25) is 14.5 Å². The molecule has 1 aliphatic heterocycles. The first-order valence-corrected chi connectivity index (χ1v) is 13.1. The van der Waals surface area contributed by atoms with Gasteiger partial charge in [-0.25, -0.2) is 0 Å². The van der Waals surface area contributed by atoms with Crippen molar-refractivity contribution >= 4 is 80.8 Å². The van der Waals surface area contributed by atoms with Gasteiger partial charge in [-0.2, -0.15) is 0 Å². The summed E-state index contributed by atoms with van der Waals surface area (Å²) in [7, 11) is 1.50. The van der Waals surface area contributed by atoms with Crippen LogP contribution in [0.15, 0.2) is 59.5 Å². The molecule has 0 unspecified atom stereocenters. The predicted molar refractivity (Wildman–Crippen MR) is 155 cm³/mol. The molecule has 1 heterocycles. The van der Waals surface area contributed by atoms with E-state index in [1.165, 1.54) is 23.8 Å². The first kappa shape index (κ1) is 27.0. The maximum Gasteiger partial charge on any atom is 0.270 e. The van der Waals surface area contributed by atoms with Crippen molar-refractivity contribution in [2.75, 3.05) is 23.9 Å². The molecule has 0 atom stereocenters. The number of thiocarbonyl (C=S) groups is 1. The first-order chi connectivity index (χ1) is 17.7. The lowest BCUT2D eigenvalue weighted by atomic mass is 10.1. The van der Waals surface area contributed by atoms with Crippen LogP contribution in [0.4, 0.5) is 11.4 Å². The molecule has 2 amide bonds. The zero-order valence-corrected chi connectivity index (χ0v) is 23.3. The Morgan fingerprint density at radius 3 is 2.41 bits per heavy atom. The van der Waals surface area contributed by atoms with Crippen molar-refractivity contribution in [3.63, 3.8) is 0 Å². The SMILES string of the molecule is COc1cc(/C=C2\SC(=S)N(c3ccc(C)c(Cl)c3)C2=O)ccc1OCC(=O)Nc1ccc(C)c(Cl)c1. The van der Waals surface area contributed by atoms with Gasteiger partial charge in [0.1, 0.15) is 0 Å². The number of aryl methyl sites for hydroxylation is 2. The molecular formula is C27H22Cl2N2O4S2. The van der Waals surface area contributed by atoms with Gasteiger partial charge in [0, 0.05) is 15.7 Å². The normalized spacial score (nSPS) is 14.3. The van der Waals surface area contributed by atoms with Gasteiger partial charge >= 0.3 is 0 Å². The van der Waals surface area contributed by atoms with E-state index in [-0.39, 0.29) is 18.4 Å². The van der Waals surface area contributed by atoms with Gasteiger partial charge in [0.25, 0.3) is 11.8 Å². The number of rotatable bonds is 7. The molecule has 0 saturated carbocycles. The first-order valence-electron chi connectivity index (χ1n) is 11.1. The van der Waals surface area contributed by atoms with Crippen molar-refractivity contribution in [3.8, 4) is 11.5 Å². The number of hydrogen-bond acceptors (Lipinski definition) is 6. The summed E-state index contributed by atoms with van der Waals surface area (Å²) in [6.07, 6.45) is 1.73. The van der Waals surface area contributed by atoms with E-state index in [4.69, 9.17) is 44.9 Å². The fourth-order valence-corrected chi connectivity index (χ4v) is 5.12. The van der Waals surface area contributed by atoms with Crippen LogP contribution >= 0.6 is 47.2 Å². The second kappa shape index (κ2) is 11.6. The molecule has 10 heteroatoms. The Labute approximate surface area is 234 Å². The predicted octanol–water partition coefficient (Wildman–Crippen LogP) is 7.04. The number of carbonyl (C=O) groups is 2. The molecular weight excluding hydrogens is 551 g/mol. The van der Waals surface area contributed by atoms with Gasteiger partial charge in [-0.15, -0.1) is 0 Å². The molecule has 190 valence electrons. The monoisotopic (exact) mass is 572 g/mol. The van der Waals surface area contributed by atoms with Crippen LogP contribution in [0.2, 0.25) is 10.0 Å². The summed E-state index contributed by atoms with van der Waals surface area (Å²) in [5.74, 6) is 0.229. The van der Waals surface area contributed by atoms with Crippen molar-refractivity contribution < 1.29 is 19.1 Å². The van der Waals surface area contributed by atoms with Gasteiger partial charge in [-0.05, 0) is 73.0 Å². The number of halogens is 2. The van der Waals surface area contributed by atoms with Crippen LogP contribution in [0, 0.1) is 13.8 Å². The number of hydrogen-bond donors (Lipinski definition) is 1. The van der Waals surface area contributed by atoms with E-state index in [0.29, 0.717) is 47.7 Å². The Balaban J connectivity index is 1.45. The zero-order chi connectivity index (χ0) is 26.7. The number of benzene rings is 3. The van der Waals surface area contributed by atoms with Crippen LogP contribution in [-0.4, -0.2) is 29.9 Å². The average Bonchev–Trinajstić information content (AvgIpc) is 3.14. The molecule has 1 saturated heterocycles. The molecule has 6 nitrogen and oxygen atoms in total. The lowest BCUT2D eigenvalue weighted by molar-refractivity contribution is -0.118. The van der Waals surface area contributed by atoms with E-state index in [9.17, 15) is 9.59 Å². The Hall–Kier alpha value is -3.04. The molecule has 0 aromatic heterocycles. The third-order valence-corrected chi connectivity index (χ3v) is 7.62. The van der Waals surface area contributed by atoms with E-state index < -0.39 is 0 Å². The summed E-state index contributed by atoms with van der Waals surface area (Å²) < 4.78 is 11.5. The summed E-state index contributed by atoms with van der Waals surface area (Å²) in [5.41, 5.74) is 3.75. The van der Waals surface area contributed by atoms with Crippen LogP contribution in [0.25, 0.3) is 6.08 Å². The largest absolute Gasteiger partial charge is 0.493 e. The number of anilines is 2. The smallest absolute Gasteiger partial charge is 0.270 e. The van der Waals surface area contributed by atoms with Crippen molar-refractivity contribution in [1.82, 2.24) is 0 Å². The Morgan fingerprint density at radius 1 is 1.03 bits per heavy atom. The van der Waals surface area contributed by atoms with Gasteiger partial charge < -0.3 is 14.8 Å². The molecule has 0 radical (unpaired) electrons. The average molecular weight is 574 g/mol. The van der Waals surface area contributed by atoms with Crippen LogP contribution in [0.3, 0.4) is 0 Å². The van der Waals surface area contributed by atoms with Gasteiger partial charge in [-0.1, -0.05) is 65.4 Å². The molecule has 1 aliphatic rings. The summed E-state index contributed by atoms with van der Waals surface area (Å²) in [4.78, 5) is 27.4. The van der Waals surface area contributed by atoms with E-state index in [2.05, 4.69) is 5.32 Å². The van der Waals surface area contributed by atoms with E-state index >= 15 is 0 Å². The van der Waals surface area contributed by atoms with E-state index in [1.807, 2.05) is 32.0 Å². The summed E-state index contributed by atoms with van der Waals surface area (Å²) >= 11 is 19.0. The molecule has 3 aromatic rings. The Kier molecular flexibility index (Phi) is 8.44. The topological polar surface area (TPSA) is 67.9 Å². The molecule has 0 spiro atoms. The summed E-state index contributed by atoms with van der Waals surface area (Å²) in [6.45, 7) is 3.55. The van der Waals surface area contributed by atoms with E-state index in [1.54, 1.807) is 42.5 Å². The molecule has 3 aromatic carbocycles. The quantitative estimate of drug-likeness (QED) is 0.242. The van der Waals surface area contributed by atoms with Crippen LogP contribution in [-0.2, 0) is 9.59 Å². The number of ether oxygens (including phenoxy) is 2. The molecule has 1 N–H and O–H groups in total. The Bertz CT molecular complexity index is 1440. The summed E-state index contributed by atoms with van der Waals surface area (Å²) in [5, 5.41) is 3.87. The standard InChI is InChI=1S/C27H22Cl2N2O4S2/c1-15-4-7-18(12-20(15)28)30-25(32)14-35-22-9-6-17(10-23(22)34-3)11-24-26(33)31(27(36)37-24)19-8-5-16(2)21(29)13-19/h4-13H,14H2,1-3H3,(H,30,32)/b24-11-. The van der Waals surface area contributed by atoms with Crippen molar-refractivity contribution in [2.24, 2.45) is 0 Å². The van der Waals surface area contributed by atoms with Crippen LogP contribution in [0.1, 0.15) is 16.7 Å². The molecule has 1 fully saturated rings. The highest BCUT2D eigenvalue weighted by Gasteiger charge is 2.33. The zero-order valence-electron chi connectivity index (χ0n) is 20.1. The highest BCUT2D eigenvalue weighted by molar-refractivity contribution is 8.27. The van der Waals surface area contributed by atoms with Crippen LogP contribution in [0.5, 0.6) is 11.5 Å².